The van der Waals surface area contributed by atoms with Crippen LogP contribution in [0.2, 0.25) is 0 Å². The molecule has 0 amide bonds. The monoisotopic (exact) mass is 441 g/mol. The molecule has 2 aromatic carbocycles. The summed E-state index contributed by atoms with van der Waals surface area (Å²) in [4.78, 5) is 19.0. The van der Waals surface area contributed by atoms with Crippen LogP contribution in [0.15, 0.2) is 47.3 Å². The fraction of sp³-hybridized carbons (Fsp3) is 0.227. The van der Waals surface area contributed by atoms with Gasteiger partial charge in [0.2, 0.25) is 0 Å². The molecule has 7 nitrogen and oxygen atoms in total. The molecule has 0 aliphatic carbocycles. The number of aromatic amines is 2. The van der Waals surface area contributed by atoms with Crippen LogP contribution in [0.25, 0.3) is 33.4 Å². The maximum atomic E-state index is 14.3. The molecule has 32 heavy (non-hydrogen) atoms. The van der Waals surface area contributed by atoms with Crippen LogP contribution < -0.4 is 15.6 Å². The van der Waals surface area contributed by atoms with Gasteiger partial charge in [0.05, 0.1) is 11.1 Å². The molecule has 2 aromatic heterocycles. The molecule has 5 rings (SSSR count). The van der Waals surface area contributed by atoms with Crippen molar-refractivity contribution in [3.8, 4) is 28.5 Å². The van der Waals surface area contributed by atoms with Crippen molar-refractivity contribution in [2.75, 3.05) is 13.1 Å². The van der Waals surface area contributed by atoms with Crippen LogP contribution in [0.4, 0.5) is 13.2 Å². The molecule has 3 N–H and O–H groups in total. The Morgan fingerprint density at radius 2 is 1.91 bits per heavy atom. The van der Waals surface area contributed by atoms with Crippen LogP contribution >= 0.6 is 0 Å². The van der Waals surface area contributed by atoms with Crippen molar-refractivity contribution in [2.24, 2.45) is 0 Å². The standard InChI is InChI=1S/C22H18F3N5O2/c23-13-2-1-3-14(24)20(13)11-4-5-16-12(8-11)21(30-29-16)17-9-19(31)28-22(27-17)32-18-6-7-26-10-15(18)25/h1-5,8-9,15,18,26H,6-7,10H2,(H,29,30)(H,27,28,31)/t15-,18-/m1/s1. The summed E-state index contributed by atoms with van der Waals surface area (Å²) < 4.78 is 48.3. The normalized spacial score (nSPS) is 18.7. The summed E-state index contributed by atoms with van der Waals surface area (Å²) in [7, 11) is 0. The summed E-state index contributed by atoms with van der Waals surface area (Å²) in [5.74, 6) is -1.38. The van der Waals surface area contributed by atoms with Crippen molar-refractivity contribution >= 4 is 10.9 Å². The summed E-state index contributed by atoms with van der Waals surface area (Å²) >= 11 is 0. The molecule has 3 heterocycles. The van der Waals surface area contributed by atoms with Crippen LogP contribution in [-0.2, 0) is 0 Å². The quantitative estimate of drug-likeness (QED) is 0.452. The lowest BCUT2D eigenvalue weighted by Crippen LogP contribution is -2.44. The first-order valence-corrected chi connectivity index (χ1v) is 10.1. The molecule has 1 aliphatic heterocycles. The van der Waals surface area contributed by atoms with E-state index in [4.69, 9.17) is 4.74 Å². The number of hydrogen-bond acceptors (Lipinski definition) is 5. The molecule has 0 saturated carbocycles. The van der Waals surface area contributed by atoms with Gasteiger partial charge in [0.1, 0.15) is 35.3 Å². The number of halogens is 3. The largest absolute Gasteiger partial charge is 0.458 e. The Kier molecular flexibility index (Phi) is 5.14. The zero-order valence-corrected chi connectivity index (χ0v) is 16.7. The lowest BCUT2D eigenvalue weighted by atomic mass is 10.0. The maximum Gasteiger partial charge on any atom is 0.297 e. The van der Waals surface area contributed by atoms with Gasteiger partial charge < -0.3 is 10.1 Å². The SMILES string of the molecule is O=c1cc(-c2n[nH]c3ccc(-c4c(F)cccc4F)cc23)nc(O[C@@H]2CCNC[C@H]2F)[nH]1. The zero-order valence-electron chi connectivity index (χ0n) is 16.7. The predicted octanol–water partition coefficient (Wildman–Crippen LogP) is 3.34. The lowest BCUT2D eigenvalue weighted by molar-refractivity contribution is 0.0651. The van der Waals surface area contributed by atoms with E-state index >= 15 is 0 Å². The number of aromatic nitrogens is 4. The van der Waals surface area contributed by atoms with E-state index in [0.717, 1.165) is 0 Å². The molecule has 4 aromatic rings. The van der Waals surface area contributed by atoms with Crippen molar-refractivity contribution < 1.29 is 17.9 Å². The van der Waals surface area contributed by atoms with Gasteiger partial charge in [-0.1, -0.05) is 12.1 Å². The first kappa shape index (κ1) is 20.3. The summed E-state index contributed by atoms with van der Waals surface area (Å²) in [5.41, 5.74) is 0.729. The lowest BCUT2D eigenvalue weighted by Gasteiger charge is -2.26. The first-order valence-electron chi connectivity index (χ1n) is 10.1. The van der Waals surface area contributed by atoms with E-state index in [-0.39, 0.29) is 23.8 Å². The van der Waals surface area contributed by atoms with Crippen LogP contribution in [0, 0.1) is 11.6 Å². The molecule has 2 atom stereocenters. The number of nitrogens with one attached hydrogen (secondary N) is 3. The second-order valence-corrected chi connectivity index (χ2v) is 7.53. The molecule has 10 heteroatoms. The Hall–Kier alpha value is -3.66. The van der Waals surface area contributed by atoms with Gasteiger partial charge in [0, 0.05) is 18.0 Å². The minimum Gasteiger partial charge on any atom is -0.458 e. The molecule has 0 bridgehead atoms. The minimum absolute atomic E-state index is 0.116. The van der Waals surface area contributed by atoms with E-state index in [0.29, 0.717) is 35.1 Å². The molecule has 164 valence electrons. The number of rotatable bonds is 4. The topological polar surface area (TPSA) is 95.7 Å². The second kappa shape index (κ2) is 8.12. The average molecular weight is 441 g/mol. The Bertz CT molecular complexity index is 1330. The van der Waals surface area contributed by atoms with Gasteiger partial charge in [-0.25, -0.2) is 13.2 Å². The summed E-state index contributed by atoms with van der Waals surface area (Å²) in [6.45, 7) is 0.752. The van der Waals surface area contributed by atoms with E-state index in [9.17, 15) is 18.0 Å². The number of ether oxygens (including phenoxy) is 1. The van der Waals surface area contributed by atoms with Crippen molar-refractivity contribution in [2.45, 2.75) is 18.7 Å². The van der Waals surface area contributed by atoms with E-state index in [1.54, 1.807) is 18.2 Å². The Balaban J connectivity index is 1.56. The molecule has 1 fully saturated rings. The summed E-state index contributed by atoms with van der Waals surface area (Å²) in [5, 5.41) is 10.5. The number of nitrogens with zero attached hydrogens (tertiary/aromatic N) is 2. The van der Waals surface area contributed by atoms with Gasteiger partial charge in [-0.15, -0.1) is 0 Å². The van der Waals surface area contributed by atoms with Crippen molar-refractivity contribution in [3.05, 3.63) is 64.5 Å². The Morgan fingerprint density at radius 1 is 1.09 bits per heavy atom. The van der Waals surface area contributed by atoms with E-state index in [2.05, 4.69) is 25.5 Å². The highest BCUT2D eigenvalue weighted by atomic mass is 19.1. The third-order valence-electron chi connectivity index (χ3n) is 5.39. The summed E-state index contributed by atoms with van der Waals surface area (Å²) in [6.07, 6.45) is -1.54. The molecular weight excluding hydrogens is 423 g/mol. The van der Waals surface area contributed by atoms with Gasteiger partial charge in [-0.2, -0.15) is 10.1 Å². The van der Waals surface area contributed by atoms with Gasteiger partial charge in [0.25, 0.3) is 11.6 Å². The summed E-state index contributed by atoms with van der Waals surface area (Å²) in [6, 6.07) is 9.55. The van der Waals surface area contributed by atoms with Crippen molar-refractivity contribution in [1.29, 1.82) is 0 Å². The van der Waals surface area contributed by atoms with Crippen LogP contribution in [0.3, 0.4) is 0 Å². The van der Waals surface area contributed by atoms with E-state index < -0.39 is 29.5 Å². The maximum absolute atomic E-state index is 14.3. The van der Waals surface area contributed by atoms with Gasteiger partial charge in [0.15, 0.2) is 0 Å². The highest BCUT2D eigenvalue weighted by molar-refractivity contribution is 5.95. The molecular formula is C22H18F3N5O2. The van der Waals surface area contributed by atoms with Gasteiger partial charge in [-0.05, 0) is 42.8 Å². The molecule has 0 unspecified atom stereocenters. The van der Waals surface area contributed by atoms with Gasteiger partial charge in [-0.3, -0.25) is 14.9 Å². The van der Waals surface area contributed by atoms with Crippen molar-refractivity contribution in [3.63, 3.8) is 0 Å². The third kappa shape index (κ3) is 3.73. The van der Waals surface area contributed by atoms with Gasteiger partial charge >= 0.3 is 0 Å². The Morgan fingerprint density at radius 3 is 2.69 bits per heavy atom. The number of alkyl halides is 1. The number of piperidine rings is 1. The number of H-pyrrole nitrogens is 2. The van der Waals surface area contributed by atoms with Crippen LogP contribution in [-0.4, -0.2) is 45.5 Å². The fourth-order valence-electron chi connectivity index (χ4n) is 3.82. The van der Waals surface area contributed by atoms with E-state index in [1.165, 1.54) is 24.3 Å². The third-order valence-corrected chi connectivity index (χ3v) is 5.39. The van der Waals surface area contributed by atoms with E-state index in [1.807, 2.05) is 0 Å². The zero-order chi connectivity index (χ0) is 22.2. The Labute approximate surface area is 179 Å². The molecule has 0 spiro atoms. The molecule has 1 aliphatic rings. The number of fused-ring (bicyclic) bond motifs is 1. The predicted molar refractivity (Wildman–Crippen MR) is 112 cm³/mol. The van der Waals surface area contributed by atoms with Crippen LogP contribution in [0.5, 0.6) is 6.01 Å². The highest BCUT2D eigenvalue weighted by Crippen LogP contribution is 2.32. The minimum atomic E-state index is -1.23. The fourth-order valence-corrected chi connectivity index (χ4v) is 3.82. The number of benzene rings is 2. The average Bonchev–Trinajstić information content (AvgIpc) is 3.18. The smallest absolute Gasteiger partial charge is 0.297 e. The first-order chi connectivity index (χ1) is 15.5. The second-order valence-electron chi connectivity index (χ2n) is 7.53. The molecule has 1 saturated heterocycles. The molecule has 0 radical (unpaired) electrons. The number of hydrogen-bond donors (Lipinski definition) is 3. The highest BCUT2D eigenvalue weighted by Gasteiger charge is 2.27. The van der Waals surface area contributed by atoms with Crippen molar-refractivity contribution in [1.82, 2.24) is 25.5 Å². The van der Waals surface area contributed by atoms with Crippen LogP contribution in [0.1, 0.15) is 6.42 Å².